The Labute approximate surface area is 501 Å². The Morgan fingerprint density at radius 2 is 1.77 bits per heavy atom. The van der Waals surface area contributed by atoms with Crippen molar-refractivity contribution in [2.45, 2.75) is 153 Å². The van der Waals surface area contributed by atoms with Crippen LogP contribution in [0.25, 0.3) is 0 Å². The fourth-order valence-corrected chi connectivity index (χ4v) is 10.6. The van der Waals surface area contributed by atoms with Gasteiger partial charge in [-0.3, -0.25) is 30.3 Å². The Hall–Kier alpha value is -6.28. The molecule has 0 aromatic heterocycles. The molecule has 2 saturated heterocycles. The summed E-state index contributed by atoms with van der Waals surface area (Å²) in [6.07, 6.45) is 0.745. The van der Waals surface area contributed by atoms with Crippen LogP contribution in [-0.4, -0.2) is 146 Å². The number of nitrogens with two attached hydrogens (primary N) is 1. The summed E-state index contributed by atoms with van der Waals surface area (Å²) in [6, 6.07) is 4.05. The van der Waals surface area contributed by atoms with E-state index >= 15 is 0 Å². The number of hydrogen-bond acceptors (Lipinski definition) is 16. The molecule has 3 heterocycles. The van der Waals surface area contributed by atoms with Crippen molar-refractivity contribution in [3.05, 3.63) is 81.9 Å². The van der Waals surface area contributed by atoms with Crippen LogP contribution in [0, 0.1) is 11.8 Å². The first-order valence-corrected chi connectivity index (χ1v) is 29.0. The molecule has 2 fully saturated rings. The summed E-state index contributed by atoms with van der Waals surface area (Å²) in [5, 5.41) is 28.5. The van der Waals surface area contributed by atoms with Crippen LogP contribution in [0.2, 0.25) is 10.0 Å². The summed E-state index contributed by atoms with van der Waals surface area (Å²) < 4.78 is 34.7. The molecule has 0 radical (unpaired) electrons. The van der Waals surface area contributed by atoms with E-state index in [9.17, 15) is 43.5 Å². The van der Waals surface area contributed by atoms with Gasteiger partial charge in [-0.15, -0.1) is 0 Å². The van der Waals surface area contributed by atoms with Crippen molar-refractivity contribution >= 4 is 104 Å². The predicted molar refractivity (Wildman–Crippen MR) is 316 cm³/mol. The van der Waals surface area contributed by atoms with Gasteiger partial charge in [-0.25, -0.2) is 19.2 Å². The van der Waals surface area contributed by atoms with Gasteiger partial charge in [-0.2, -0.15) is 0 Å². The van der Waals surface area contributed by atoms with Crippen molar-refractivity contribution in [2.75, 3.05) is 48.7 Å². The van der Waals surface area contributed by atoms with E-state index in [0.29, 0.717) is 43.4 Å². The molecule has 5 rings (SSSR count). The molecular formula is C57H77BrCl2N8O15. The van der Waals surface area contributed by atoms with Crippen LogP contribution < -0.4 is 47.3 Å². The predicted octanol–water partition coefficient (Wildman–Crippen LogP) is 7.13. The lowest BCUT2D eigenvalue weighted by atomic mass is 9.83. The van der Waals surface area contributed by atoms with Gasteiger partial charge in [0.15, 0.2) is 5.72 Å². The van der Waals surface area contributed by atoms with Crippen LogP contribution >= 0.6 is 39.1 Å². The fraction of sp³-hybridized carbons (Fsp3) is 0.544. The number of methoxy groups -OCH3 is 2. The smallest absolute Gasteiger partial charge is 0.412 e. The largest absolute Gasteiger partial charge is 0.495 e. The number of anilines is 3. The zero-order valence-corrected chi connectivity index (χ0v) is 51.2. The molecule has 7 amide bonds. The number of fused-ring (bicyclic) bond motifs is 5. The molecule has 0 spiro atoms. The van der Waals surface area contributed by atoms with E-state index in [2.05, 4.69) is 54.4 Å². The number of aliphatic hydroxyl groups is 1. The average molecular weight is 1270 g/mol. The second-order valence-corrected chi connectivity index (χ2v) is 22.9. The first-order chi connectivity index (χ1) is 39.2. The third-order valence-electron chi connectivity index (χ3n) is 14.7. The molecule has 23 nitrogen and oxygen atoms in total. The number of hydrogen-bond donors (Lipinski definition) is 8. The van der Waals surface area contributed by atoms with Gasteiger partial charge < -0.3 is 64.9 Å². The molecule has 3 aliphatic heterocycles. The van der Waals surface area contributed by atoms with Gasteiger partial charge in [0.1, 0.15) is 47.0 Å². The lowest BCUT2D eigenvalue weighted by molar-refractivity contribution is -0.144. The number of carbonyl (C=O) groups excluding carboxylic acids is 8. The van der Waals surface area contributed by atoms with Crippen molar-refractivity contribution in [1.82, 2.24) is 21.3 Å². The number of alkyl carbamates (subject to hydrolysis) is 1. The van der Waals surface area contributed by atoms with E-state index in [1.807, 2.05) is 13.0 Å². The first kappa shape index (κ1) is 67.5. The van der Waals surface area contributed by atoms with Gasteiger partial charge in [0, 0.05) is 49.6 Å². The fourth-order valence-electron chi connectivity index (χ4n) is 9.84. The number of nitrogens with one attached hydrogen (secondary N) is 6. The summed E-state index contributed by atoms with van der Waals surface area (Å²) in [5.41, 5.74) is 4.40. The molecule has 2 aromatic carbocycles. The molecule has 9 N–H and O–H groups in total. The monoisotopic (exact) mass is 1260 g/mol. The zero-order valence-electron chi connectivity index (χ0n) is 48.1. The van der Waals surface area contributed by atoms with Crippen LogP contribution in [0.15, 0.2) is 66.3 Å². The summed E-state index contributed by atoms with van der Waals surface area (Å²) in [7, 11) is 4.38. The van der Waals surface area contributed by atoms with E-state index in [-0.39, 0.29) is 64.0 Å². The molecular weight excluding hydrogens is 1190 g/mol. The Bertz CT molecular complexity index is 2790. The van der Waals surface area contributed by atoms with E-state index in [4.69, 9.17) is 57.4 Å². The number of nitrogens with zero attached hydrogens (tertiary/aromatic N) is 1. The number of carbonyl (C=O) groups is 8. The minimum atomic E-state index is -1.91. The molecule has 0 saturated carbocycles. The van der Waals surface area contributed by atoms with Crippen LogP contribution in [0.3, 0.4) is 0 Å². The van der Waals surface area contributed by atoms with E-state index in [1.165, 1.54) is 44.4 Å². The van der Waals surface area contributed by atoms with Gasteiger partial charge in [0.2, 0.25) is 17.7 Å². The molecule has 3 aliphatic rings. The second kappa shape index (κ2) is 30.5. The van der Waals surface area contributed by atoms with Gasteiger partial charge >= 0.3 is 24.2 Å². The zero-order chi connectivity index (χ0) is 61.5. The highest BCUT2D eigenvalue weighted by atomic mass is 79.9. The van der Waals surface area contributed by atoms with Gasteiger partial charge in [0.25, 0.3) is 0 Å². The number of halogens is 3. The molecule has 0 aliphatic carbocycles. The van der Waals surface area contributed by atoms with Crippen molar-refractivity contribution < 1.29 is 71.9 Å². The number of rotatable bonds is 23. The van der Waals surface area contributed by atoms with Crippen molar-refractivity contribution in [3.8, 4) is 5.75 Å². The van der Waals surface area contributed by atoms with Crippen molar-refractivity contribution in [2.24, 2.45) is 17.6 Å². The Kier molecular flexibility index (Phi) is 24.8. The summed E-state index contributed by atoms with van der Waals surface area (Å²) >= 11 is 16.7. The Morgan fingerprint density at radius 3 is 2.41 bits per heavy atom. The quantitative estimate of drug-likeness (QED) is 0.0104. The molecule has 2 unspecified atom stereocenters. The van der Waals surface area contributed by atoms with Crippen LogP contribution in [0.5, 0.6) is 5.75 Å². The highest BCUT2D eigenvalue weighted by molar-refractivity contribution is 9.09. The number of ether oxygens (including phenoxy) is 6. The maximum Gasteiger partial charge on any atom is 0.412 e. The van der Waals surface area contributed by atoms with Crippen LogP contribution in [0.1, 0.15) is 92.1 Å². The molecule has 4 bridgehead atoms. The number of allylic oxidation sites excluding steroid dienone is 3. The average Bonchev–Trinajstić information content (AvgIpc) is 1.90. The van der Waals surface area contributed by atoms with Crippen molar-refractivity contribution in [3.63, 3.8) is 0 Å². The summed E-state index contributed by atoms with van der Waals surface area (Å²) in [5.74, 6) is -2.97. The first-order valence-electron chi connectivity index (χ1n) is 27.1. The number of primary amides is 1. The third-order valence-corrected chi connectivity index (χ3v) is 16.0. The lowest BCUT2D eigenvalue weighted by Crippen LogP contribution is -2.63. The topological polar surface area (TPSA) is 317 Å². The lowest BCUT2D eigenvalue weighted by Gasteiger charge is -2.42. The SMILES string of the molecule is C=C(CBr)C(=O)OC(C)CCCC(C=O)N[C@H](C(=O)N[C@@H](CCCNC(N)=O)C(=O)Nc1ccc(NC(=O)O[C@H]2CC(=O)N(C)c3cc(cc(OC)c3Cl)C/C(C)=C/C=C/[C@@H](OC)[C@@]3(O)C[C@H](OC(=O)N3)[C@@H](C)[C@@H]3O[C@@]23C)c(Cl)c1)C(C)C. The molecule has 26 heteroatoms. The number of aldehydes is 1. The molecule has 2 aromatic rings. The number of alkyl halides is 1. The van der Waals surface area contributed by atoms with Gasteiger partial charge in [0.05, 0.1) is 54.2 Å². The van der Waals surface area contributed by atoms with Gasteiger partial charge in [-0.05, 0) is 101 Å². The third kappa shape index (κ3) is 18.6. The minimum Gasteiger partial charge on any atom is -0.495 e. The number of esters is 1. The second-order valence-electron chi connectivity index (χ2n) is 21.5. The highest BCUT2D eigenvalue weighted by Crippen LogP contribution is 2.49. The van der Waals surface area contributed by atoms with Crippen LogP contribution in [-0.2, 0) is 54.1 Å². The number of urea groups is 1. The van der Waals surface area contributed by atoms with E-state index < -0.39 is 114 Å². The molecule has 456 valence electrons. The molecule has 83 heavy (non-hydrogen) atoms. The normalized spacial score (nSPS) is 25.0. The minimum absolute atomic E-state index is 0.0395. The van der Waals surface area contributed by atoms with Crippen LogP contribution in [0.4, 0.5) is 31.4 Å². The summed E-state index contributed by atoms with van der Waals surface area (Å²) in [6.45, 7) is 14.3. The number of amides is 7. The van der Waals surface area contributed by atoms with Gasteiger partial charge in [-0.1, -0.05) is 90.3 Å². The maximum absolute atomic E-state index is 14.4. The number of benzene rings is 2. The molecule has 11 atom stereocenters. The van der Waals surface area contributed by atoms with E-state index in [1.54, 1.807) is 58.9 Å². The number of epoxide rings is 1. The van der Waals surface area contributed by atoms with E-state index in [0.717, 1.165) is 11.1 Å². The van der Waals surface area contributed by atoms with Crippen molar-refractivity contribution in [1.29, 1.82) is 0 Å². The highest BCUT2D eigenvalue weighted by Gasteiger charge is 2.64. The summed E-state index contributed by atoms with van der Waals surface area (Å²) in [4.78, 5) is 107. The maximum atomic E-state index is 14.4. The standard InChI is InChI=1S/C57H77BrCl2N8O15/c1-30(2)48(63-37(29-69)16-12-15-33(5)80-52(73)32(4)28-58)51(72)65-40(17-13-21-62-53(61)74)50(71)64-36-19-20-39(38(59)25-36)66-54(75)82-45-26-46(70)68(8)41-23-35(24-42(78-9)47(41)60)22-31(3)14-11-18-44(79-10)57(77)27-43(81-55(76)67-57)34(6)49-56(45,7)83-49/h11,14,18-20,23-25,29-30,33-34,37,40,43-45,48-49,63,77H,4,12-13,15-17,21-22,26-28H2,1-3,5-10H3,(H,64,71)(H,65,72)(H,66,75)(H,67,76)(H3,61,62,74)/b18-11+,31-14+/t33?,34-,37?,40+,43+,44-,45+,48+,49+,56+,57+/m1/s1. The Balaban J connectivity index is 1.34. The Morgan fingerprint density at radius 1 is 1.05 bits per heavy atom.